The molecule has 0 bridgehead atoms. The van der Waals surface area contributed by atoms with Gasteiger partial charge in [0.05, 0.1) is 18.4 Å². The van der Waals surface area contributed by atoms with E-state index in [0.717, 1.165) is 0 Å². The van der Waals surface area contributed by atoms with Gasteiger partial charge in [0, 0.05) is 10.6 Å². The van der Waals surface area contributed by atoms with Crippen LogP contribution in [0.5, 0.6) is 5.75 Å². The number of hydrogen-bond donors (Lipinski definition) is 1. The molecule has 2 aromatic carbocycles. The average Bonchev–Trinajstić information content (AvgIpc) is 2.46. The lowest BCUT2D eigenvalue weighted by atomic mass is 10.2. The normalized spacial score (nSPS) is 10.2. The molecule has 0 heterocycles. The van der Waals surface area contributed by atoms with Gasteiger partial charge in [0.15, 0.2) is 0 Å². The van der Waals surface area contributed by atoms with Crippen LogP contribution in [0.3, 0.4) is 0 Å². The topological polar surface area (TPSA) is 61.5 Å². The summed E-state index contributed by atoms with van der Waals surface area (Å²) < 4.78 is 23.7. The maximum Gasteiger partial charge on any atom is 0.337 e. The van der Waals surface area contributed by atoms with Crippen LogP contribution >= 0.6 is 11.6 Å². The SMILES string of the molecule is COC(=O)c1ccc(OCc2ccc(Cl)cc2F)c(N)c1. The van der Waals surface area contributed by atoms with Gasteiger partial charge < -0.3 is 15.2 Å². The molecule has 0 unspecified atom stereocenters. The molecule has 0 amide bonds. The summed E-state index contributed by atoms with van der Waals surface area (Å²) in [6, 6.07) is 8.83. The number of esters is 1. The number of rotatable bonds is 4. The van der Waals surface area contributed by atoms with Gasteiger partial charge in [0.2, 0.25) is 0 Å². The largest absolute Gasteiger partial charge is 0.487 e. The Balaban J connectivity index is 2.11. The molecular formula is C15H13ClFNO3. The van der Waals surface area contributed by atoms with Gasteiger partial charge in [-0.1, -0.05) is 17.7 Å². The van der Waals surface area contributed by atoms with E-state index in [1.807, 2.05) is 0 Å². The summed E-state index contributed by atoms with van der Waals surface area (Å²) in [6.07, 6.45) is 0. The highest BCUT2D eigenvalue weighted by molar-refractivity contribution is 6.30. The van der Waals surface area contributed by atoms with Crippen molar-refractivity contribution < 1.29 is 18.7 Å². The Morgan fingerprint density at radius 1 is 1.29 bits per heavy atom. The van der Waals surface area contributed by atoms with Gasteiger partial charge in [0.25, 0.3) is 0 Å². The van der Waals surface area contributed by atoms with Crippen LogP contribution in [0.25, 0.3) is 0 Å². The van der Waals surface area contributed by atoms with Crippen LogP contribution in [-0.4, -0.2) is 13.1 Å². The van der Waals surface area contributed by atoms with Crippen molar-refractivity contribution in [3.63, 3.8) is 0 Å². The summed E-state index contributed by atoms with van der Waals surface area (Å²) in [5.74, 6) is -0.582. The third-order valence-electron chi connectivity index (χ3n) is 2.83. The molecule has 0 atom stereocenters. The maximum absolute atomic E-state index is 13.6. The van der Waals surface area contributed by atoms with Gasteiger partial charge in [-0.3, -0.25) is 0 Å². The minimum absolute atomic E-state index is 0.00474. The fourth-order valence-electron chi connectivity index (χ4n) is 1.72. The first kappa shape index (κ1) is 15.1. The monoisotopic (exact) mass is 309 g/mol. The van der Waals surface area contributed by atoms with Gasteiger partial charge in [-0.05, 0) is 30.3 Å². The summed E-state index contributed by atoms with van der Waals surface area (Å²) in [5.41, 5.74) is 6.74. The molecule has 21 heavy (non-hydrogen) atoms. The van der Waals surface area contributed by atoms with Crippen molar-refractivity contribution in [2.24, 2.45) is 0 Å². The van der Waals surface area contributed by atoms with E-state index in [1.165, 1.54) is 37.4 Å². The molecule has 6 heteroatoms. The smallest absolute Gasteiger partial charge is 0.337 e. The Hall–Kier alpha value is -2.27. The average molecular weight is 310 g/mol. The molecule has 0 fully saturated rings. The number of nitrogens with two attached hydrogens (primary N) is 1. The van der Waals surface area contributed by atoms with Crippen LogP contribution in [0.1, 0.15) is 15.9 Å². The Morgan fingerprint density at radius 2 is 2.05 bits per heavy atom. The number of anilines is 1. The number of nitrogen functional groups attached to an aromatic ring is 1. The Kier molecular flexibility index (Phi) is 4.65. The van der Waals surface area contributed by atoms with Crippen LogP contribution in [-0.2, 0) is 11.3 Å². The van der Waals surface area contributed by atoms with Crippen LogP contribution in [0.2, 0.25) is 5.02 Å². The van der Waals surface area contributed by atoms with E-state index in [-0.39, 0.29) is 12.3 Å². The van der Waals surface area contributed by atoms with Crippen LogP contribution in [0.4, 0.5) is 10.1 Å². The first-order chi connectivity index (χ1) is 10.0. The summed E-state index contributed by atoms with van der Waals surface area (Å²) in [4.78, 5) is 11.4. The Morgan fingerprint density at radius 3 is 2.67 bits per heavy atom. The second-order valence-electron chi connectivity index (χ2n) is 4.27. The van der Waals surface area contributed by atoms with E-state index in [4.69, 9.17) is 22.1 Å². The van der Waals surface area contributed by atoms with E-state index in [1.54, 1.807) is 6.07 Å². The van der Waals surface area contributed by atoms with Crippen molar-refractivity contribution >= 4 is 23.3 Å². The van der Waals surface area contributed by atoms with Gasteiger partial charge in [0.1, 0.15) is 18.2 Å². The highest BCUT2D eigenvalue weighted by Gasteiger charge is 2.10. The minimum atomic E-state index is -0.489. The van der Waals surface area contributed by atoms with Gasteiger partial charge in [-0.15, -0.1) is 0 Å². The predicted octanol–water partition coefficient (Wildman–Crippen LogP) is 3.43. The molecule has 2 N–H and O–H groups in total. The Labute approximate surface area is 126 Å². The highest BCUT2D eigenvalue weighted by atomic mass is 35.5. The molecule has 0 aliphatic rings. The summed E-state index contributed by atoms with van der Waals surface area (Å²) >= 11 is 5.68. The van der Waals surface area contributed by atoms with Crippen LogP contribution in [0.15, 0.2) is 36.4 Å². The van der Waals surface area contributed by atoms with Crippen molar-refractivity contribution in [1.29, 1.82) is 0 Å². The number of methoxy groups -OCH3 is 1. The number of carbonyl (C=O) groups excluding carboxylic acids is 1. The predicted molar refractivity (Wildman–Crippen MR) is 77.9 cm³/mol. The lowest BCUT2D eigenvalue weighted by Gasteiger charge is -2.10. The van der Waals surface area contributed by atoms with E-state index in [0.29, 0.717) is 21.9 Å². The van der Waals surface area contributed by atoms with Crippen molar-refractivity contribution in [3.05, 3.63) is 58.4 Å². The first-order valence-corrected chi connectivity index (χ1v) is 6.43. The number of ether oxygens (including phenoxy) is 2. The summed E-state index contributed by atoms with van der Waals surface area (Å²) in [7, 11) is 1.28. The standard InChI is InChI=1S/C15H13ClFNO3/c1-20-15(19)9-3-5-14(13(18)6-9)21-8-10-2-4-11(16)7-12(10)17/h2-7H,8,18H2,1H3. The molecule has 0 aliphatic carbocycles. The molecule has 4 nitrogen and oxygen atoms in total. The van der Waals surface area contributed by atoms with E-state index < -0.39 is 11.8 Å². The number of carbonyl (C=O) groups is 1. The molecule has 0 saturated heterocycles. The highest BCUT2D eigenvalue weighted by Crippen LogP contribution is 2.24. The number of halogens is 2. The van der Waals surface area contributed by atoms with Crippen LogP contribution < -0.4 is 10.5 Å². The quantitative estimate of drug-likeness (QED) is 0.694. The fourth-order valence-corrected chi connectivity index (χ4v) is 1.88. The maximum atomic E-state index is 13.6. The molecule has 0 aromatic heterocycles. The molecule has 0 aliphatic heterocycles. The zero-order valence-electron chi connectivity index (χ0n) is 11.2. The number of benzene rings is 2. The molecule has 2 aromatic rings. The third-order valence-corrected chi connectivity index (χ3v) is 3.06. The second kappa shape index (κ2) is 6.45. The van der Waals surface area contributed by atoms with Gasteiger partial charge >= 0.3 is 5.97 Å². The molecule has 110 valence electrons. The molecule has 2 rings (SSSR count). The minimum Gasteiger partial charge on any atom is -0.487 e. The van der Waals surface area contributed by atoms with E-state index in [9.17, 15) is 9.18 Å². The van der Waals surface area contributed by atoms with E-state index in [2.05, 4.69) is 4.74 Å². The van der Waals surface area contributed by atoms with Crippen molar-refractivity contribution in [3.8, 4) is 5.75 Å². The number of hydrogen-bond acceptors (Lipinski definition) is 4. The van der Waals surface area contributed by atoms with Crippen molar-refractivity contribution in [1.82, 2.24) is 0 Å². The summed E-state index contributed by atoms with van der Waals surface area (Å²) in [5, 5.41) is 0.318. The van der Waals surface area contributed by atoms with Crippen molar-refractivity contribution in [2.45, 2.75) is 6.61 Å². The molecule has 0 radical (unpaired) electrons. The zero-order chi connectivity index (χ0) is 15.4. The third kappa shape index (κ3) is 3.64. The van der Waals surface area contributed by atoms with Crippen LogP contribution in [0, 0.1) is 5.82 Å². The lowest BCUT2D eigenvalue weighted by Crippen LogP contribution is -2.04. The fraction of sp³-hybridized carbons (Fsp3) is 0.133. The Bertz CT molecular complexity index is 676. The van der Waals surface area contributed by atoms with Gasteiger partial charge in [-0.2, -0.15) is 0 Å². The molecular weight excluding hydrogens is 297 g/mol. The molecule has 0 saturated carbocycles. The van der Waals surface area contributed by atoms with E-state index >= 15 is 0 Å². The lowest BCUT2D eigenvalue weighted by molar-refractivity contribution is 0.0600. The molecule has 0 spiro atoms. The van der Waals surface area contributed by atoms with Gasteiger partial charge in [-0.25, -0.2) is 9.18 Å². The summed E-state index contributed by atoms with van der Waals surface area (Å²) in [6.45, 7) is 0.00474. The second-order valence-corrected chi connectivity index (χ2v) is 4.71. The first-order valence-electron chi connectivity index (χ1n) is 6.06. The zero-order valence-corrected chi connectivity index (χ0v) is 12.0. The van der Waals surface area contributed by atoms with Crippen molar-refractivity contribution in [2.75, 3.05) is 12.8 Å².